The summed E-state index contributed by atoms with van der Waals surface area (Å²) in [7, 11) is 1.66. The van der Waals surface area contributed by atoms with Crippen molar-refractivity contribution in [2.45, 2.75) is 23.1 Å². The van der Waals surface area contributed by atoms with Gasteiger partial charge in [0.2, 0.25) is 0 Å². The summed E-state index contributed by atoms with van der Waals surface area (Å²) in [6, 6.07) is 14.3. The molecule has 1 atom stereocenters. The molecule has 3 nitrogen and oxygen atoms in total. The van der Waals surface area contributed by atoms with Gasteiger partial charge < -0.3 is 15.2 Å². The van der Waals surface area contributed by atoms with Crippen molar-refractivity contribution in [3.63, 3.8) is 0 Å². The summed E-state index contributed by atoms with van der Waals surface area (Å²) in [6.45, 7) is 1.15. The van der Waals surface area contributed by atoms with Crippen LogP contribution in [-0.4, -0.2) is 19.0 Å². The van der Waals surface area contributed by atoms with E-state index in [4.69, 9.17) is 15.2 Å². The lowest BCUT2D eigenvalue weighted by Crippen LogP contribution is -2.14. The van der Waals surface area contributed by atoms with Crippen molar-refractivity contribution in [1.29, 1.82) is 0 Å². The first-order valence-electron chi connectivity index (χ1n) is 7.04. The molecule has 21 heavy (non-hydrogen) atoms. The Balaban J connectivity index is 1.66. The van der Waals surface area contributed by atoms with Crippen LogP contribution < -0.4 is 15.2 Å². The highest BCUT2D eigenvalue weighted by molar-refractivity contribution is 8.00. The summed E-state index contributed by atoms with van der Waals surface area (Å²) in [5, 5.41) is 0.458. The summed E-state index contributed by atoms with van der Waals surface area (Å²) < 4.78 is 11.3. The van der Waals surface area contributed by atoms with Crippen LogP contribution >= 0.6 is 11.8 Å². The van der Waals surface area contributed by atoms with Crippen molar-refractivity contribution >= 4 is 11.8 Å². The molecule has 0 saturated heterocycles. The Kier molecular flexibility index (Phi) is 4.36. The average molecular weight is 301 g/mol. The van der Waals surface area contributed by atoms with E-state index in [9.17, 15) is 0 Å². The lowest BCUT2D eigenvalue weighted by atomic mass is 10.1. The fourth-order valence-electron chi connectivity index (χ4n) is 2.49. The molecule has 1 aliphatic rings. The number of methoxy groups -OCH3 is 1. The van der Waals surface area contributed by atoms with Gasteiger partial charge in [-0.3, -0.25) is 0 Å². The van der Waals surface area contributed by atoms with Crippen LogP contribution in [0.25, 0.3) is 0 Å². The average Bonchev–Trinajstić information content (AvgIpc) is 2.95. The maximum absolute atomic E-state index is 6.00. The van der Waals surface area contributed by atoms with Crippen LogP contribution in [0.5, 0.6) is 11.5 Å². The molecule has 1 aliphatic heterocycles. The third-order valence-corrected chi connectivity index (χ3v) is 4.92. The van der Waals surface area contributed by atoms with Crippen LogP contribution in [-0.2, 0) is 13.0 Å². The van der Waals surface area contributed by atoms with Crippen molar-refractivity contribution in [2.24, 2.45) is 5.73 Å². The molecule has 2 aromatic rings. The molecule has 0 aliphatic carbocycles. The molecule has 3 rings (SSSR count). The van der Waals surface area contributed by atoms with Crippen molar-refractivity contribution < 1.29 is 9.47 Å². The van der Waals surface area contributed by atoms with Crippen LogP contribution in [0, 0.1) is 0 Å². The molecule has 2 N–H and O–H groups in total. The van der Waals surface area contributed by atoms with Gasteiger partial charge >= 0.3 is 0 Å². The number of hydrogen-bond donors (Lipinski definition) is 1. The lowest BCUT2D eigenvalue weighted by Gasteiger charge is -2.14. The van der Waals surface area contributed by atoms with E-state index in [2.05, 4.69) is 24.3 Å². The molecular weight excluding hydrogens is 282 g/mol. The van der Waals surface area contributed by atoms with Gasteiger partial charge in [0, 0.05) is 28.3 Å². The molecule has 0 saturated carbocycles. The first-order chi connectivity index (χ1) is 10.3. The van der Waals surface area contributed by atoms with E-state index in [1.807, 2.05) is 30.0 Å². The standard InChI is InChI=1S/C17H19NO2S/c1-19-14-7-6-13(10-18)16(9-14)20-11-15-8-12-4-2-3-5-17(12)21-15/h2-7,9,15H,8,10-11,18H2,1H3. The Morgan fingerprint density at radius 1 is 1.24 bits per heavy atom. The highest BCUT2D eigenvalue weighted by Crippen LogP contribution is 2.37. The second-order valence-electron chi connectivity index (χ2n) is 5.04. The molecule has 1 unspecified atom stereocenters. The number of hydrogen-bond acceptors (Lipinski definition) is 4. The molecule has 0 radical (unpaired) electrons. The Bertz CT molecular complexity index is 605. The van der Waals surface area contributed by atoms with Crippen LogP contribution in [0.2, 0.25) is 0 Å². The molecule has 2 aromatic carbocycles. The van der Waals surface area contributed by atoms with Crippen molar-refractivity contribution in [1.82, 2.24) is 0 Å². The first-order valence-corrected chi connectivity index (χ1v) is 7.92. The topological polar surface area (TPSA) is 44.5 Å². The molecule has 0 bridgehead atoms. The number of rotatable bonds is 5. The summed E-state index contributed by atoms with van der Waals surface area (Å²) in [5.41, 5.74) is 8.20. The lowest BCUT2D eigenvalue weighted by molar-refractivity contribution is 0.311. The summed E-state index contributed by atoms with van der Waals surface area (Å²) in [4.78, 5) is 1.37. The molecule has 4 heteroatoms. The van der Waals surface area contributed by atoms with Gasteiger partial charge in [-0.2, -0.15) is 0 Å². The summed E-state index contributed by atoms with van der Waals surface area (Å²) in [6.07, 6.45) is 1.06. The fraction of sp³-hybridized carbons (Fsp3) is 0.294. The maximum atomic E-state index is 6.00. The van der Waals surface area contributed by atoms with Crippen molar-refractivity contribution in [2.75, 3.05) is 13.7 Å². The number of nitrogens with two attached hydrogens (primary N) is 1. The van der Waals surface area contributed by atoms with E-state index in [1.165, 1.54) is 10.5 Å². The van der Waals surface area contributed by atoms with E-state index in [1.54, 1.807) is 7.11 Å². The minimum atomic E-state index is 0.458. The number of ether oxygens (including phenoxy) is 2. The zero-order chi connectivity index (χ0) is 14.7. The Morgan fingerprint density at radius 3 is 2.86 bits per heavy atom. The fourth-order valence-corrected chi connectivity index (χ4v) is 3.71. The van der Waals surface area contributed by atoms with Gasteiger partial charge in [-0.1, -0.05) is 24.3 Å². The van der Waals surface area contributed by atoms with Gasteiger partial charge in [0.15, 0.2) is 0 Å². The van der Waals surface area contributed by atoms with Crippen molar-refractivity contribution in [3.05, 3.63) is 53.6 Å². The van der Waals surface area contributed by atoms with Crippen LogP contribution in [0.15, 0.2) is 47.4 Å². The van der Waals surface area contributed by atoms with Gasteiger partial charge in [-0.15, -0.1) is 11.8 Å². The van der Waals surface area contributed by atoms with Gasteiger partial charge in [0.1, 0.15) is 18.1 Å². The number of benzene rings is 2. The van der Waals surface area contributed by atoms with E-state index in [-0.39, 0.29) is 0 Å². The quantitative estimate of drug-likeness (QED) is 0.921. The van der Waals surface area contributed by atoms with E-state index >= 15 is 0 Å². The van der Waals surface area contributed by atoms with Gasteiger partial charge in [-0.25, -0.2) is 0 Å². The molecule has 0 spiro atoms. The zero-order valence-electron chi connectivity index (χ0n) is 12.0. The zero-order valence-corrected chi connectivity index (χ0v) is 12.9. The number of thioether (sulfide) groups is 1. The SMILES string of the molecule is COc1ccc(CN)c(OCC2Cc3ccccc3S2)c1. The van der Waals surface area contributed by atoms with Crippen LogP contribution in [0.1, 0.15) is 11.1 Å². The Hall–Kier alpha value is -1.65. The molecule has 110 valence electrons. The molecule has 0 fully saturated rings. The smallest absolute Gasteiger partial charge is 0.127 e. The number of fused-ring (bicyclic) bond motifs is 1. The monoisotopic (exact) mass is 301 g/mol. The maximum Gasteiger partial charge on any atom is 0.127 e. The third kappa shape index (κ3) is 3.17. The van der Waals surface area contributed by atoms with Crippen LogP contribution in [0.4, 0.5) is 0 Å². The Labute approximate surface area is 129 Å². The highest BCUT2D eigenvalue weighted by Gasteiger charge is 2.22. The first kappa shape index (κ1) is 14.3. The largest absolute Gasteiger partial charge is 0.497 e. The Morgan fingerprint density at radius 2 is 2.10 bits per heavy atom. The van der Waals surface area contributed by atoms with E-state index < -0.39 is 0 Å². The van der Waals surface area contributed by atoms with Gasteiger partial charge in [0.05, 0.1) is 7.11 Å². The molecular formula is C17H19NO2S. The van der Waals surface area contributed by atoms with E-state index in [0.717, 1.165) is 23.5 Å². The normalized spacial score (nSPS) is 16.6. The minimum absolute atomic E-state index is 0.458. The van der Waals surface area contributed by atoms with Gasteiger partial charge in [0.25, 0.3) is 0 Å². The second kappa shape index (κ2) is 6.41. The molecule has 0 amide bonds. The molecule has 1 heterocycles. The van der Waals surface area contributed by atoms with Crippen LogP contribution in [0.3, 0.4) is 0 Å². The van der Waals surface area contributed by atoms with Crippen molar-refractivity contribution in [3.8, 4) is 11.5 Å². The van der Waals surface area contributed by atoms with Gasteiger partial charge in [-0.05, 0) is 24.1 Å². The predicted octanol–water partition coefficient (Wildman–Crippen LogP) is 3.25. The highest BCUT2D eigenvalue weighted by atomic mass is 32.2. The summed E-state index contributed by atoms with van der Waals surface area (Å²) >= 11 is 1.89. The molecule has 0 aromatic heterocycles. The predicted molar refractivity (Wildman–Crippen MR) is 86.2 cm³/mol. The minimum Gasteiger partial charge on any atom is -0.497 e. The summed E-state index contributed by atoms with van der Waals surface area (Å²) in [5.74, 6) is 1.62. The second-order valence-corrected chi connectivity index (χ2v) is 6.38. The third-order valence-electron chi connectivity index (χ3n) is 3.63. The van der Waals surface area contributed by atoms with E-state index in [0.29, 0.717) is 18.4 Å².